The molecule has 0 N–H and O–H groups in total. The largest absolute Gasteiger partial charge is 0.493 e. The molecule has 0 spiro atoms. The van der Waals surface area contributed by atoms with Crippen molar-refractivity contribution in [3.05, 3.63) is 17.3 Å². The first-order valence-corrected chi connectivity index (χ1v) is 5.14. The fraction of sp³-hybridized carbons (Fsp3) is 0.455. The summed E-state index contributed by atoms with van der Waals surface area (Å²) in [6.45, 7) is 4.80. The molecule has 16 heavy (non-hydrogen) atoms. The molecule has 0 bridgehead atoms. The van der Waals surface area contributed by atoms with Crippen LogP contribution in [0.4, 0.5) is 0 Å². The maximum absolute atomic E-state index is 5.55. The molecule has 0 saturated heterocycles. The molecule has 0 saturated carbocycles. The fourth-order valence-electron chi connectivity index (χ4n) is 1.65. The summed E-state index contributed by atoms with van der Waals surface area (Å²) in [4.78, 5) is 9.06. The first-order valence-electron chi connectivity index (χ1n) is 5.14. The molecule has 2 rings (SSSR count). The van der Waals surface area contributed by atoms with E-state index in [4.69, 9.17) is 14.3 Å². The second-order valence-corrected chi connectivity index (χ2v) is 3.38. The van der Waals surface area contributed by atoms with E-state index >= 15 is 0 Å². The van der Waals surface area contributed by atoms with Crippen LogP contribution in [0.2, 0.25) is 0 Å². The van der Waals surface area contributed by atoms with Crippen LogP contribution in [0, 0.1) is 6.92 Å². The SMILES string of the molecule is CCOc1cc(C)nc2c1/C(=N/OC)CO2. The van der Waals surface area contributed by atoms with E-state index in [2.05, 4.69) is 10.1 Å². The van der Waals surface area contributed by atoms with Crippen LogP contribution in [0.3, 0.4) is 0 Å². The highest BCUT2D eigenvalue weighted by atomic mass is 16.6. The average Bonchev–Trinajstić information content (AvgIpc) is 2.62. The van der Waals surface area contributed by atoms with E-state index in [1.807, 2.05) is 19.9 Å². The minimum Gasteiger partial charge on any atom is -0.493 e. The smallest absolute Gasteiger partial charge is 0.227 e. The van der Waals surface area contributed by atoms with Crippen molar-refractivity contribution in [1.82, 2.24) is 4.98 Å². The van der Waals surface area contributed by atoms with Crippen molar-refractivity contribution < 1.29 is 14.3 Å². The molecular weight excluding hydrogens is 208 g/mol. The van der Waals surface area contributed by atoms with Crippen LogP contribution < -0.4 is 9.47 Å². The first-order chi connectivity index (χ1) is 7.76. The fourth-order valence-corrected chi connectivity index (χ4v) is 1.65. The van der Waals surface area contributed by atoms with E-state index in [9.17, 15) is 0 Å². The second-order valence-electron chi connectivity index (χ2n) is 3.38. The summed E-state index contributed by atoms with van der Waals surface area (Å²) >= 11 is 0. The van der Waals surface area contributed by atoms with Gasteiger partial charge in [0.25, 0.3) is 0 Å². The van der Waals surface area contributed by atoms with Gasteiger partial charge in [0.2, 0.25) is 5.88 Å². The molecule has 1 aliphatic heterocycles. The van der Waals surface area contributed by atoms with Gasteiger partial charge in [-0.3, -0.25) is 0 Å². The maximum Gasteiger partial charge on any atom is 0.227 e. The predicted octanol–water partition coefficient (Wildman–Crippen LogP) is 1.53. The third kappa shape index (κ3) is 1.80. The summed E-state index contributed by atoms with van der Waals surface area (Å²) in [5.41, 5.74) is 2.38. The third-order valence-electron chi connectivity index (χ3n) is 2.21. The predicted molar refractivity (Wildman–Crippen MR) is 59.2 cm³/mol. The lowest BCUT2D eigenvalue weighted by Gasteiger charge is -2.08. The zero-order valence-corrected chi connectivity index (χ0v) is 9.61. The molecule has 1 aromatic heterocycles. The summed E-state index contributed by atoms with van der Waals surface area (Å²) in [6, 6.07) is 1.88. The van der Waals surface area contributed by atoms with Gasteiger partial charge in [-0.1, -0.05) is 5.16 Å². The van der Waals surface area contributed by atoms with Crippen molar-refractivity contribution in [3.63, 3.8) is 0 Å². The molecule has 2 heterocycles. The second kappa shape index (κ2) is 4.38. The molecule has 5 nitrogen and oxygen atoms in total. The zero-order valence-electron chi connectivity index (χ0n) is 9.61. The highest BCUT2D eigenvalue weighted by Crippen LogP contribution is 2.32. The Morgan fingerprint density at radius 3 is 3.06 bits per heavy atom. The van der Waals surface area contributed by atoms with Crippen LogP contribution in [0.25, 0.3) is 0 Å². The summed E-state index contributed by atoms with van der Waals surface area (Å²) in [6.07, 6.45) is 0. The normalized spacial score (nSPS) is 15.8. The van der Waals surface area contributed by atoms with Gasteiger partial charge in [-0.2, -0.15) is 0 Å². The third-order valence-corrected chi connectivity index (χ3v) is 2.21. The van der Waals surface area contributed by atoms with Crippen molar-refractivity contribution in [3.8, 4) is 11.6 Å². The molecule has 1 aliphatic rings. The van der Waals surface area contributed by atoms with E-state index in [1.165, 1.54) is 7.11 Å². The standard InChI is InChI=1S/C11H14N2O3/c1-4-15-9-5-7(2)12-11-10(9)8(6-16-11)13-14-3/h5H,4,6H2,1-3H3/b13-8+. The molecule has 5 heteroatoms. The number of fused-ring (bicyclic) bond motifs is 1. The Balaban J connectivity index is 2.50. The Labute approximate surface area is 94.0 Å². The highest BCUT2D eigenvalue weighted by molar-refractivity contribution is 6.07. The molecule has 0 aromatic carbocycles. The molecule has 0 fully saturated rings. The average molecular weight is 222 g/mol. The van der Waals surface area contributed by atoms with Crippen molar-refractivity contribution in [1.29, 1.82) is 0 Å². The molecule has 0 unspecified atom stereocenters. The van der Waals surface area contributed by atoms with Crippen LogP contribution in [0.5, 0.6) is 11.6 Å². The lowest BCUT2D eigenvalue weighted by atomic mass is 10.1. The Kier molecular flexibility index (Phi) is 2.94. The number of oxime groups is 1. The van der Waals surface area contributed by atoms with Gasteiger partial charge >= 0.3 is 0 Å². The molecule has 0 radical (unpaired) electrons. The van der Waals surface area contributed by atoms with Crippen molar-refractivity contribution >= 4 is 5.71 Å². The van der Waals surface area contributed by atoms with Gasteiger partial charge in [0.05, 0.1) is 6.61 Å². The van der Waals surface area contributed by atoms with E-state index < -0.39 is 0 Å². The minimum absolute atomic E-state index is 0.375. The molecule has 1 aromatic rings. The molecule has 86 valence electrons. The zero-order chi connectivity index (χ0) is 11.5. The first kappa shape index (κ1) is 10.7. The van der Waals surface area contributed by atoms with E-state index in [0.717, 1.165) is 17.0 Å². The minimum atomic E-state index is 0.375. The van der Waals surface area contributed by atoms with Crippen molar-refractivity contribution in [2.24, 2.45) is 5.16 Å². The number of rotatable bonds is 3. The van der Waals surface area contributed by atoms with Crippen LogP contribution in [-0.4, -0.2) is 31.0 Å². The number of pyridine rings is 1. The number of aryl methyl sites for hydroxylation is 1. The van der Waals surface area contributed by atoms with E-state index in [1.54, 1.807) is 0 Å². The van der Waals surface area contributed by atoms with Gasteiger partial charge in [-0.05, 0) is 13.8 Å². The quantitative estimate of drug-likeness (QED) is 0.728. The summed E-state index contributed by atoms with van der Waals surface area (Å²) in [5.74, 6) is 1.32. The van der Waals surface area contributed by atoms with Gasteiger partial charge in [-0.25, -0.2) is 4.98 Å². The van der Waals surface area contributed by atoms with Gasteiger partial charge in [0.15, 0.2) is 0 Å². The van der Waals surface area contributed by atoms with Gasteiger partial charge in [0, 0.05) is 11.8 Å². The number of aromatic nitrogens is 1. The summed E-state index contributed by atoms with van der Waals surface area (Å²) in [5, 5.41) is 3.91. The lowest BCUT2D eigenvalue weighted by molar-refractivity contribution is 0.211. The van der Waals surface area contributed by atoms with Crippen LogP contribution in [-0.2, 0) is 4.84 Å². The number of nitrogens with zero attached hydrogens (tertiary/aromatic N) is 2. The van der Waals surface area contributed by atoms with Gasteiger partial charge in [-0.15, -0.1) is 0 Å². The number of ether oxygens (including phenoxy) is 2. The Hall–Kier alpha value is -1.78. The van der Waals surface area contributed by atoms with Gasteiger partial charge < -0.3 is 14.3 Å². The van der Waals surface area contributed by atoms with E-state index in [0.29, 0.717) is 24.8 Å². The molecular formula is C11H14N2O3. The Bertz CT molecular complexity index is 429. The van der Waals surface area contributed by atoms with Crippen molar-refractivity contribution in [2.45, 2.75) is 13.8 Å². The molecule has 0 amide bonds. The van der Waals surface area contributed by atoms with Crippen LogP contribution >= 0.6 is 0 Å². The summed E-state index contributed by atoms with van der Waals surface area (Å²) in [7, 11) is 1.51. The lowest BCUT2D eigenvalue weighted by Crippen LogP contribution is -2.05. The summed E-state index contributed by atoms with van der Waals surface area (Å²) < 4.78 is 11.0. The topological polar surface area (TPSA) is 52.9 Å². The Morgan fingerprint density at radius 2 is 2.38 bits per heavy atom. The molecule has 0 atom stereocenters. The van der Waals surface area contributed by atoms with Crippen LogP contribution in [0.1, 0.15) is 18.2 Å². The number of hydrogen-bond donors (Lipinski definition) is 0. The number of hydrogen-bond acceptors (Lipinski definition) is 5. The molecule has 0 aliphatic carbocycles. The van der Waals surface area contributed by atoms with E-state index in [-0.39, 0.29) is 0 Å². The highest BCUT2D eigenvalue weighted by Gasteiger charge is 2.26. The monoisotopic (exact) mass is 222 g/mol. The van der Waals surface area contributed by atoms with Crippen molar-refractivity contribution in [2.75, 3.05) is 20.3 Å². The van der Waals surface area contributed by atoms with Gasteiger partial charge in [0.1, 0.15) is 30.7 Å². The van der Waals surface area contributed by atoms with Crippen LogP contribution in [0.15, 0.2) is 11.2 Å². The Morgan fingerprint density at radius 1 is 1.56 bits per heavy atom. The maximum atomic E-state index is 5.55.